The summed E-state index contributed by atoms with van der Waals surface area (Å²) in [4.78, 5) is 16.2. The number of carbonyl (C=O) groups is 1. The molecule has 0 spiro atoms. The van der Waals surface area contributed by atoms with E-state index in [4.69, 9.17) is 10.5 Å². The third kappa shape index (κ3) is 2.01. The van der Waals surface area contributed by atoms with E-state index in [9.17, 15) is 4.79 Å². The molecular formula is C11H17N3O2. The lowest BCUT2D eigenvalue weighted by molar-refractivity contribution is -0.123. The second kappa shape index (κ2) is 4.35. The lowest BCUT2D eigenvalue weighted by Gasteiger charge is -2.19. The minimum absolute atomic E-state index is 0.0194. The molecule has 0 aromatic carbocycles. The van der Waals surface area contributed by atoms with E-state index in [-0.39, 0.29) is 5.78 Å². The average Bonchev–Trinajstić information content (AvgIpc) is 2.87. The number of nitrogens with two attached hydrogens (primary N) is 1. The first-order chi connectivity index (χ1) is 7.65. The van der Waals surface area contributed by atoms with Gasteiger partial charge in [0.25, 0.3) is 0 Å². The highest BCUT2D eigenvalue weighted by Gasteiger charge is 2.38. The summed E-state index contributed by atoms with van der Waals surface area (Å²) in [6, 6.07) is 0. The topological polar surface area (TPSA) is 70.1 Å². The van der Waals surface area contributed by atoms with E-state index in [2.05, 4.69) is 4.98 Å². The summed E-state index contributed by atoms with van der Waals surface area (Å²) in [5, 5.41) is 0. The zero-order valence-corrected chi connectivity index (χ0v) is 9.48. The Hall–Kier alpha value is -1.20. The van der Waals surface area contributed by atoms with Crippen molar-refractivity contribution in [2.24, 2.45) is 5.73 Å². The summed E-state index contributed by atoms with van der Waals surface area (Å²) < 4.78 is 7.14. The van der Waals surface area contributed by atoms with E-state index >= 15 is 0 Å². The summed E-state index contributed by atoms with van der Waals surface area (Å²) in [5.74, 6) is 0.801. The molecule has 0 amide bonds. The van der Waals surface area contributed by atoms with Crippen LogP contribution in [0, 0.1) is 0 Å². The highest BCUT2D eigenvalue weighted by molar-refractivity contribution is 5.90. The minimum atomic E-state index is -0.801. The maximum Gasteiger partial charge on any atom is 0.162 e. The van der Waals surface area contributed by atoms with E-state index in [1.807, 2.05) is 17.7 Å². The van der Waals surface area contributed by atoms with E-state index in [0.29, 0.717) is 26.1 Å². The minimum Gasteiger partial charge on any atom is -0.379 e. The molecule has 5 heteroatoms. The van der Waals surface area contributed by atoms with Gasteiger partial charge >= 0.3 is 0 Å². The molecule has 1 aliphatic rings. The quantitative estimate of drug-likeness (QED) is 0.787. The Kier molecular flexibility index (Phi) is 3.07. The highest BCUT2D eigenvalue weighted by atomic mass is 16.5. The van der Waals surface area contributed by atoms with Crippen molar-refractivity contribution < 1.29 is 9.53 Å². The Labute approximate surface area is 94.6 Å². The van der Waals surface area contributed by atoms with Crippen molar-refractivity contribution in [3.05, 3.63) is 18.2 Å². The van der Waals surface area contributed by atoms with Crippen molar-refractivity contribution in [1.82, 2.24) is 9.55 Å². The first-order valence-corrected chi connectivity index (χ1v) is 5.55. The maximum atomic E-state index is 12.0. The van der Waals surface area contributed by atoms with Crippen LogP contribution in [-0.2, 0) is 22.5 Å². The molecule has 0 radical (unpaired) electrons. The van der Waals surface area contributed by atoms with Crippen molar-refractivity contribution in [2.45, 2.75) is 31.8 Å². The molecule has 1 aliphatic heterocycles. The van der Waals surface area contributed by atoms with Gasteiger partial charge in [0.1, 0.15) is 11.4 Å². The number of imidazole rings is 1. The standard InChI is InChI=1S/C11H17N3O2/c1-2-14-5-4-13-10(14)7-9(15)11(12)3-6-16-8-11/h4-5H,2-3,6-8,12H2,1H3. The number of hydrogen-bond acceptors (Lipinski definition) is 4. The lowest BCUT2D eigenvalue weighted by Crippen LogP contribution is -2.49. The molecule has 2 heterocycles. The molecule has 5 nitrogen and oxygen atoms in total. The van der Waals surface area contributed by atoms with Crippen molar-refractivity contribution in [2.75, 3.05) is 13.2 Å². The van der Waals surface area contributed by atoms with Crippen LogP contribution in [0.25, 0.3) is 0 Å². The Bertz CT molecular complexity index is 380. The van der Waals surface area contributed by atoms with Gasteiger partial charge in [0, 0.05) is 25.5 Å². The van der Waals surface area contributed by atoms with Crippen molar-refractivity contribution in [1.29, 1.82) is 0 Å². The van der Waals surface area contributed by atoms with Gasteiger partial charge in [-0.2, -0.15) is 0 Å². The smallest absolute Gasteiger partial charge is 0.162 e. The van der Waals surface area contributed by atoms with E-state index in [1.54, 1.807) is 6.20 Å². The van der Waals surface area contributed by atoms with Crippen LogP contribution in [0.15, 0.2) is 12.4 Å². The number of hydrogen-bond donors (Lipinski definition) is 1. The largest absolute Gasteiger partial charge is 0.379 e. The molecule has 1 atom stereocenters. The Morgan fingerprint density at radius 3 is 3.19 bits per heavy atom. The van der Waals surface area contributed by atoms with Gasteiger partial charge in [0.05, 0.1) is 13.0 Å². The van der Waals surface area contributed by atoms with Crippen LogP contribution >= 0.6 is 0 Å². The number of rotatable bonds is 4. The molecule has 2 rings (SSSR count). The predicted octanol–water partition coefficient (Wildman–Crippen LogP) is 0.132. The SMILES string of the molecule is CCn1ccnc1CC(=O)C1(N)CCOC1. The number of Topliss-reactive ketones (excluding diaryl/α,β-unsaturated/α-hetero) is 1. The second-order valence-corrected chi connectivity index (χ2v) is 4.19. The van der Waals surface area contributed by atoms with Gasteiger partial charge < -0.3 is 15.0 Å². The van der Waals surface area contributed by atoms with Crippen molar-refractivity contribution in [3.8, 4) is 0 Å². The average molecular weight is 223 g/mol. The third-order valence-corrected chi connectivity index (χ3v) is 3.07. The van der Waals surface area contributed by atoms with Gasteiger partial charge in [0.2, 0.25) is 0 Å². The number of nitrogens with zero attached hydrogens (tertiary/aromatic N) is 2. The monoisotopic (exact) mass is 223 g/mol. The van der Waals surface area contributed by atoms with Gasteiger partial charge in [-0.3, -0.25) is 4.79 Å². The molecule has 0 saturated carbocycles. The third-order valence-electron chi connectivity index (χ3n) is 3.07. The van der Waals surface area contributed by atoms with Crippen LogP contribution < -0.4 is 5.73 Å². The molecular weight excluding hydrogens is 206 g/mol. The molecule has 1 saturated heterocycles. The summed E-state index contributed by atoms with van der Waals surface area (Å²) in [5.41, 5.74) is 5.20. The van der Waals surface area contributed by atoms with Crippen LogP contribution in [-0.4, -0.2) is 34.1 Å². The van der Waals surface area contributed by atoms with Gasteiger partial charge in [-0.15, -0.1) is 0 Å². The van der Waals surface area contributed by atoms with Crippen LogP contribution in [0.2, 0.25) is 0 Å². The van der Waals surface area contributed by atoms with Crippen LogP contribution in [0.4, 0.5) is 0 Å². The van der Waals surface area contributed by atoms with Crippen LogP contribution in [0.3, 0.4) is 0 Å². The first-order valence-electron chi connectivity index (χ1n) is 5.55. The van der Waals surface area contributed by atoms with Crippen molar-refractivity contribution in [3.63, 3.8) is 0 Å². The summed E-state index contributed by atoms with van der Waals surface area (Å²) in [7, 11) is 0. The first kappa shape index (κ1) is 11.3. The molecule has 1 aromatic rings. The maximum absolute atomic E-state index is 12.0. The van der Waals surface area contributed by atoms with Gasteiger partial charge in [-0.25, -0.2) is 4.98 Å². The predicted molar refractivity (Wildman–Crippen MR) is 59.0 cm³/mol. The van der Waals surface area contributed by atoms with Crippen LogP contribution in [0.5, 0.6) is 0 Å². The lowest BCUT2D eigenvalue weighted by atomic mass is 9.92. The Morgan fingerprint density at radius 1 is 1.75 bits per heavy atom. The fourth-order valence-corrected chi connectivity index (χ4v) is 1.92. The molecule has 88 valence electrons. The number of aromatic nitrogens is 2. The van der Waals surface area contributed by atoms with E-state index in [1.165, 1.54) is 0 Å². The van der Waals surface area contributed by atoms with E-state index in [0.717, 1.165) is 12.4 Å². The van der Waals surface area contributed by atoms with Crippen LogP contribution in [0.1, 0.15) is 19.2 Å². The molecule has 1 aromatic heterocycles. The zero-order valence-electron chi connectivity index (χ0n) is 9.48. The Balaban J connectivity index is 2.07. The van der Waals surface area contributed by atoms with E-state index < -0.39 is 5.54 Å². The number of aryl methyl sites for hydroxylation is 1. The van der Waals surface area contributed by atoms with Gasteiger partial charge in [-0.05, 0) is 13.3 Å². The van der Waals surface area contributed by atoms with Gasteiger partial charge in [0.15, 0.2) is 5.78 Å². The Morgan fingerprint density at radius 2 is 2.56 bits per heavy atom. The van der Waals surface area contributed by atoms with Crippen molar-refractivity contribution >= 4 is 5.78 Å². The molecule has 1 fully saturated rings. The molecule has 2 N–H and O–H groups in total. The second-order valence-electron chi connectivity index (χ2n) is 4.19. The highest BCUT2D eigenvalue weighted by Crippen LogP contribution is 2.18. The zero-order chi connectivity index (χ0) is 11.6. The molecule has 1 unspecified atom stereocenters. The summed E-state index contributed by atoms with van der Waals surface area (Å²) >= 11 is 0. The summed E-state index contributed by atoms with van der Waals surface area (Å²) in [6.45, 7) is 3.74. The molecule has 0 bridgehead atoms. The number of carbonyl (C=O) groups excluding carboxylic acids is 1. The summed E-state index contributed by atoms with van der Waals surface area (Å²) in [6.07, 6.45) is 4.48. The number of ether oxygens (including phenoxy) is 1. The molecule has 16 heavy (non-hydrogen) atoms. The molecule has 0 aliphatic carbocycles. The fourth-order valence-electron chi connectivity index (χ4n) is 1.92. The normalized spacial score (nSPS) is 24.9. The fraction of sp³-hybridized carbons (Fsp3) is 0.636. The van der Waals surface area contributed by atoms with Gasteiger partial charge in [-0.1, -0.05) is 0 Å². The number of ketones is 1.